The predicted octanol–water partition coefficient (Wildman–Crippen LogP) is -3.11. The van der Waals surface area contributed by atoms with Gasteiger partial charge >= 0.3 is 0 Å². The number of carbonyl (C=O) groups is 1. The summed E-state index contributed by atoms with van der Waals surface area (Å²) in [6, 6.07) is -0.875. The second-order valence-corrected chi connectivity index (χ2v) is 3.53. The number of rotatable bonds is 2. The van der Waals surface area contributed by atoms with Crippen molar-refractivity contribution in [2.75, 3.05) is 6.61 Å². The topological polar surface area (TPSA) is 125 Å². The van der Waals surface area contributed by atoms with Crippen LogP contribution in [-0.4, -0.2) is 58.4 Å². The molecule has 1 heterocycles. The molecule has 1 saturated heterocycles. The van der Waals surface area contributed by atoms with E-state index in [0.717, 1.165) is 0 Å². The third-order valence-electron chi connectivity index (χ3n) is 2.33. The summed E-state index contributed by atoms with van der Waals surface area (Å²) in [5.74, 6) is -0.382. The van der Waals surface area contributed by atoms with Gasteiger partial charge in [0, 0.05) is 6.92 Å². The highest BCUT2D eigenvalue weighted by Gasteiger charge is 2.42. The van der Waals surface area contributed by atoms with Gasteiger partial charge in [0.25, 0.3) is 0 Å². The second kappa shape index (κ2) is 4.86. The van der Waals surface area contributed by atoms with E-state index in [2.05, 4.69) is 5.32 Å². The van der Waals surface area contributed by atoms with Gasteiger partial charge in [-0.15, -0.1) is 0 Å². The average Bonchev–Trinajstić information content (AvgIpc) is 2.18. The maximum Gasteiger partial charge on any atom is 0.217 e. The third kappa shape index (κ3) is 2.64. The van der Waals surface area contributed by atoms with Crippen LogP contribution in [0.25, 0.3) is 0 Å². The van der Waals surface area contributed by atoms with Gasteiger partial charge in [0.2, 0.25) is 5.91 Å². The van der Waals surface area contributed by atoms with E-state index >= 15 is 0 Å². The summed E-state index contributed by atoms with van der Waals surface area (Å²) in [5, 5.41) is 30.3. The van der Waals surface area contributed by atoms with Crippen molar-refractivity contribution < 1.29 is 24.9 Å². The Kier molecular flexibility index (Phi) is 4.00. The zero-order valence-corrected chi connectivity index (χ0v) is 8.33. The van der Waals surface area contributed by atoms with Crippen LogP contribution in [0, 0.1) is 0 Å². The molecule has 0 bridgehead atoms. The van der Waals surface area contributed by atoms with Crippen LogP contribution in [0.3, 0.4) is 0 Å². The Labute approximate surface area is 86.8 Å². The summed E-state index contributed by atoms with van der Waals surface area (Å²) in [6.45, 7) is 0.822. The van der Waals surface area contributed by atoms with Crippen LogP contribution in [0.1, 0.15) is 6.92 Å². The Morgan fingerprint density at radius 3 is 2.53 bits per heavy atom. The minimum Gasteiger partial charge on any atom is -0.394 e. The minimum atomic E-state index is -1.27. The smallest absolute Gasteiger partial charge is 0.217 e. The van der Waals surface area contributed by atoms with Crippen molar-refractivity contribution in [3.8, 4) is 0 Å². The fourth-order valence-corrected chi connectivity index (χ4v) is 1.55. The van der Waals surface area contributed by atoms with Gasteiger partial charge in [-0.3, -0.25) is 4.79 Å². The van der Waals surface area contributed by atoms with Crippen molar-refractivity contribution in [3.63, 3.8) is 0 Å². The lowest BCUT2D eigenvalue weighted by Crippen LogP contribution is -2.66. The van der Waals surface area contributed by atoms with E-state index in [1.165, 1.54) is 6.92 Å². The van der Waals surface area contributed by atoms with Crippen molar-refractivity contribution in [2.24, 2.45) is 5.73 Å². The highest BCUT2D eigenvalue weighted by atomic mass is 16.5. The van der Waals surface area contributed by atoms with Crippen LogP contribution in [0.4, 0.5) is 0 Å². The normalized spacial score (nSPS) is 41.3. The van der Waals surface area contributed by atoms with Crippen LogP contribution in [-0.2, 0) is 9.53 Å². The van der Waals surface area contributed by atoms with E-state index < -0.39 is 37.2 Å². The summed E-state index contributed by atoms with van der Waals surface area (Å²) < 4.78 is 5.03. The summed E-state index contributed by atoms with van der Waals surface area (Å²) in [7, 11) is 0. The lowest BCUT2D eigenvalue weighted by Gasteiger charge is -2.40. The molecule has 6 N–H and O–H groups in total. The number of hydrogen-bond donors (Lipinski definition) is 5. The van der Waals surface area contributed by atoms with Crippen LogP contribution < -0.4 is 11.1 Å². The van der Waals surface area contributed by atoms with Gasteiger partial charge in [0.05, 0.1) is 12.6 Å². The lowest BCUT2D eigenvalue weighted by molar-refractivity contribution is -0.193. The third-order valence-corrected chi connectivity index (χ3v) is 2.33. The number of carbonyl (C=O) groups excluding carboxylic acids is 1. The van der Waals surface area contributed by atoms with Crippen LogP contribution in [0.5, 0.6) is 0 Å². The Balaban J connectivity index is 2.70. The van der Waals surface area contributed by atoms with Crippen molar-refractivity contribution in [1.82, 2.24) is 5.32 Å². The molecule has 0 saturated carbocycles. The number of aliphatic hydroxyl groups is 3. The molecule has 0 spiro atoms. The first kappa shape index (κ1) is 12.3. The first-order chi connectivity index (χ1) is 6.97. The molecule has 1 aliphatic rings. The molecular formula is C8H16N2O5. The van der Waals surface area contributed by atoms with E-state index in [0.29, 0.717) is 0 Å². The molecule has 0 aliphatic carbocycles. The summed E-state index contributed by atoms with van der Waals surface area (Å²) in [4.78, 5) is 10.8. The molecule has 1 unspecified atom stereocenters. The van der Waals surface area contributed by atoms with Gasteiger partial charge in [-0.05, 0) is 0 Å². The molecule has 0 aromatic rings. The number of nitrogens with one attached hydrogen (secondary N) is 1. The van der Waals surface area contributed by atoms with Gasteiger partial charge in [-0.2, -0.15) is 0 Å². The average molecular weight is 220 g/mol. The SMILES string of the molecule is CC(=O)N[C@@H]1C(N)O[C@H](CO)[C@@H](O)[C@H]1O. The molecule has 0 aromatic heterocycles. The molecule has 88 valence electrons. The largest absolute Gasteiger partial charge is 0.394 e. The van der Waals surface area contributed by atoms with E-state index in [1.807, 2.05) is 0 Å². The van der Waals surface area contributed by atoms with Gasteiger partial charge in [-0.1, -0.05) is 0 Å². The Bertz CT molecular complexity index is 237. The molecule has 0 aromatic carbocycles. The van der Waals surface area contributed by atoms with Crippen molar-refractivity contribution in [1.29, 1.82) is 0 Å². The Morgan fingerprint density at radius 2 is 2.07 bits per heavy atom. The van der Waals surface area contributed by atoms with Crippen molar-refractivity contribution in [3.05, 3.63) is 0 Å². The number of aliphatic hydroxyl groups excluding tert-OH is 3. The molecule has 1 rings (SSSR count). The number of ether oxygens (including phenoxy) is 1. The quantitative estimate of drug-likeness (QED) is 0.335. The maximum absolute atomic E-state index is 10.8. The first-order valence-electron chi connectivity index (χ1n) is 4.62. The van der Waals surface area contributed by atoms with E-state index in [4.69, 9.17) is 15.6 Å². The highest BCUT2D eigenvalue weighted by Crippen LogP contribution is 2.18. The second-order valence-electron chi connectivity index (χ2n) is 3.53. The van der Waals surface area contributed by atoms with Crippen LogP contribution in [0.15, 0.2) is 0 Å². The zero-order valence-electron chi connectivity index (χ0n) is 8.33. The standard InChI is InChI=1S/C8H16N2O5/c1-3(12)10-5-7(14)6(13)4(2-11)15-8(5)9/h4-8,11,13-14H,2,9H2,1H3,(H,10,12)/t4-,5+,6-,7+,8?/m1/s1. The summed E-state index contributed by atoms with van der Waals surface area (Å²) >= 11 is 0. The van der Waals surface area contributed by atoms with Crippen molar-refractivity contribution in [2.45, 2.75) is 37.5 Å². The minimum absolute atomic E-state index is 0.382. The highest BCUT2D eigenvalue weighted by molar-refractivity contribution is 5.73. The predicted molar refractivity (Wildman–Crippen MR) is 49.6 cm³/mol. The Morgan fingerprint density at radius 1 is 1.47 bits per heavy atom. The van der Waals surface area contributed by atoms with E-state index in [-0.39, 0.29) is 5.91 Å². The molecule has 0 radical (unpaired) electrons. The van der Waals surface area contributed by atoms with Gasteiger partial charge in [0.15, 0.2) is 0 Å². The zero-order chi connectivity index (χ0) is 11.6. The van der Waals surface area contributed by atoms with Gasteiger partial charge in [-0.25, -0.2) is 0 Å². The molecular weight excluding hydrogens is 204 g/mol. The monoisotopic (exact) mass is 220 g/mol. The summed E-state index contributed by atoms with van der Waals surface area (Å²) in [6.07, 6.45) is -4.41. The van der Waals surface area contributed by atoms with E-state index in [9.17, 15) is 15.0 Å². The molecule has 1 amide bonds. The molecule has 1 fully saturated rings. The molecule has 7 heteroatoms. The van der Waals surface area contributed by atoms with Crippen LogP contribution >= 0.6 is 0 Å². The first-order valence-corrected chi connectivity index (χ1v) is 4.62. The summed E-state index contributed by atoms with van der Waals surface area (Å²) in [5.41, 5.74) is 5.53. The molecule has 1 aliphatic heterocycles. The molecule has 5 atom stereocenters. The number of hydrogen-bond acceptors (Lipinski definition) is 6. The van der Waals surface area contributed by atoms with Crippen LogP contribution in [0.2, 0.25) is 0 Å². The Hall–Kier alpha value is -0.730. The molecule has 15 heavy (non-hydrogen) atoms. The van der Waals surface area contributed by atoms with Gasteiger partial charge in [0.1, 0.15) is 24.5 Å². The number of nitrogens with two attached hydrogens (primary N) is 1. The van der Waals surface area contributed by atoms with E-state index in [1.54, 1.807) is 0 Å². The maximum atomic E-state index is 10.8. The number of amides is 1. The fourth-order valence-electron chi connectivity index (χ4n) is 1.55. The van der Waals surface area contributed by atoms with Crippen molar-refractivity contribution >= 4 is 5.91 Å². The lowest BCUT2D eigenvalue weighted by atomic mass is 9.96. The fraction of sp³-hybridized carbons (Fsp3) is 0.875. The molecule has 7 nitrogen and oxygen atoms in total. The van der Waals surface area contributed by atoms with Gasteiger partial charge < -0.3 is 31.1 Å².